The van der Waals surface area contributed by atoms with Crippen molar-refractivity contribution in [2.24, 2.45) is 0 Å². The van der Waals surface area contributed by atoms with E-state index in [2.05, 4.69) is 9.36 Å². The summed E-state index contributed by atoms with van der Waals surface area (Å²) in [4.78, 5) is 18.7. The molecule has 0 N–H and O–H groups in total. The van der Waals surface area contributed by atoms with Crippen molar-refractivity contribution in [1.29, 1.82) is 0 Å². The van der Waals surface area contributed by atoms with E-state index < -0.39 is 0 Å². The summed E-state index contributed by atoms with van der Waals surface area (Å²) in [7, 11) is 1.83. The average Bonchev–Trinajstić information content (AvgIpc) is 2.90. The molecule has 4 nitrogen and oxygen atoms in total. The number of carbonyl (C=O) groups is 1. The third-order valence-corrected chi connectivity index (χ3v) is 3.41. The highest BCUT2D eigenvalue weighted by Crippen LogP contribution is 2.09. The van der Waals surface area contributed by atoms with E-state index in [1.807, 2.05) is 25.2 Å². The molecule has 0 unspecified atom stereocenters. The minimum atomic E-state index is 0.153. The van der Waals surface area contributed by atoms with Crippen LogP contribution in [-0.2, 0) is 17.8 Å². The first kappa shape index (κ1) is 12.7. The Morgan fingerprint density at radius 1 is 1.28 bits per heavy atom. The first-order valence-corrected chi connectivity index (χ1v) is 6.55. The van der Waals surface area contributed by atoms with Gasteiger partial charge >= 0.3 is 0 Å². The maximum Gasteiger partial charge on any atom is 0.222 e. The van der Waals surface area contributed by atoms with E-state index in [9.17, 15) is 4.79 Å². The second-order valence-electron chi connectivity index (χ2n) is 4.08. The van der Waals surface area contributed by atoms with E-state index in [4.69, 9.17) is 0 Å². The smallest absolute Gasteiger partial charge is 0.222 e. The molecule has 2 heterocycles. The van der Waals surface area contributed by atoms with Gasteiger partial charge in [-0.05, 0) is 41.7 Å². The van der Waals surface area contributed by atoms with Crippen LogP contribution in [0, 0.1) is 0 Å². The molecule has 2 aromatic rings. The van der Waals surface area contributed by atoms with E-state index >= 15 is 0 Å². The third kappa shape index (κ3) is 3.63. The lowest BCUT2D eigenvalue weighted by molar-refractivity contribution is -0.130. The van der Waals surface area contributed by atoms with Gasteiger partial charge in [-0.1, -0.05) is 0 Å². The Morgan fingerprint density at radius 3 is 2.72 bits per heavy atom. The van der Waals surface area contributed by atoms with Crippen LogP contribution in [0.25, 0.3) is 0 Å². The molecule has 0 fully saturated rings. The van der Waals surface area contributed by atoms with Crippen molar-refractivity contribution in [3.63, 3.8) is 0 Å². The molecule has 0 saturated carbocycles. The fraction of sp³-hybridized carbons (Fsp3) is 0.308. The van der Waals surface area contributed by atoms with E-state index in [0.29, 0.717) is 13.0 Å². The normalized spacial score (nSPS) is 10.3. The summed E-state index contributed by atoms with van der Waals surface area (Å²) in [6, 6.07) is 5.82. The van der Waals surface area contributed by atoms with E-state index in [-0.39, 0.29) is 5.91 Å². The van der Waals surface area contributed by atoms with Crippen LogP contribution in [0.15, 0.2) is 36.8 Å². The topological polar surface area (TPSA) is 46.1 Å². The van der Waals surface area contributed by atoms with E-state index in [1.54, 1.807) is 23.5 Å². The number of nitrogens with zero attached hydrogens (tertiary/aromatic N) is 3. The molecule has 18 heavy (non-hydrogen) atoms. The van der Waals surface area contributed by atoms with Gasteiger partial charge in [0.2, 0.25) is 5.91 Å². The van der Waals surface area contributed by atoms with Crippen LogP contribution in [0.5, 0.6) is 0 Å². The predicted molar refractivity (Wildman–Crippen MR) is 71.1 cm³/mol. The quantitative estimate of drug-likeness (QED) is 0.828. The first-order chi connectivity index (χ1) is 8.75. The molecule has 0 spiro atoms. The molecule has 0 saturated heterocycles. The number of hydrogen-bond acceptors (Lipinski definition) is 4. The van der Waals surface area contributed by atoms with Crippen LogP contribution < -0.4 is 0 Å². The minimum absolute atomic E-state index is 0.153. The molecule has 5 heteroatoms. The summed E-state index contributed by atoms with van der Waals surface area (Å²) >= 11 is 1.43. The van der Waals surface area contributed by atoms with Crippen molar-refractivity contribution in [3.05, 3.63) is 47.2 Å². The van der Waals surface area contributed by atoms with Gasteiger partial charge in [-0.3, -0.25) is 9.78 Å². The first-order valence-electron chi connectivity index (χ1n) is 5.78. The fourth-order valence-electron chi connectivity index (χ4n) is 1.64. The molecule has 0 atom stereocenters. The predicted octanol–water partition coefficient (Wildman–Crippen LogP) is 2.13. The van der Waals surface area contributed by atoms with E-state index in [1.165, 1.54) is 11.5 Å². The zero-order chi connectivity index (χ0) is 12.8. The largest absolute Gasteiger partial charge is 0.341 e. The minimum Gasteiger partial charge on any atom is -0.341 e. The van der Waals surface area contributed by atoms with Crippen LogP contribution >= 0.6 is 11.5 Å². The Labute approximate surface area is 110 Å². The Bertz CT molecular complexity index is 484. The molecule has 0 radical (unpaired) electrons. The molecule has 0 bridgehead atoms. The second-order valence-corrected chi connectivity index (χ2v) is 5.00. The van der Waals surface area contributed by atoms with Crippen molar-refractivity contribution in [2.75, 3.05) is 7.05 Å². The molecular weight excluding hydrogens is 246 g/mol. The maximum atomic E-state index is 11.9. The molecule has 0 aliphatic rings. The molecule has 1 amide bonds. The second kappa shape index (κ2) is 6.26. The molecule has 0 aromatic carbocycles. The van der Waals surface area contributed by atoms with Gasteiger partial charge < -0.3 is 4.90 Å². The van der Waals surface area contributed by atoms with Crippen molar-refractivity contribution in [2.45, 2.75) is 19.4 Å². The summed E-state index contributed by atoms with van der Waals surface area (Å²) in [5.74, 6) is 0.153. The van der Waals surface area contributed by atoms with Crippen molar-refractivity contribution in [1.82, 2.24) is 14.3 Å². The molecule has 0 aliphatic heterocycles. The zero-order valence-electron chi connectivity index (χ0n) is 10.2. The van der Waals surface area contributed by atoms with Crippen molar-refractivity contribution in [3.8, 4) is 0 Å². The maximum absolute atomic E-state index is 11.9. The van der Waals surface area contributed by atoms with Crippen LogP contribution in [-0.4, -0.2) is 27.2 Å². The third-order valence-electron chi connectivity index (χ3n) is 2.69. The lowest BCUT2D eigenvalue weighted by atomic mass is 10.1. The summed E-state index contributed by atoms with van der Waals surface area (Å²) in [5, 5.41) is 0. The highest BCUT2D eigenvalue weighted by Gasteiger charge is 2.10. The number of pyridine rings is 1. The van der Waals surface area contributed by atoms with Crippen LogP contribution in [0.2, 0.25) is 0 Å². The van der Waals surface area contributed by atoms with Gasteiger partial charge in [0.05, 0.1) is 6.54 Å². The number of aromatic nitrogens is 2. The monoisotopic (exact) mass is 261 g/mol. The van der Waals surface area contributed by atoms with Gasteiger partial charge in [0.15, 0.2) is 0 Å². The Morgan fingerprint density at radius 2 is 2.06 bits per heavy atom. The fourth-order valence-corrected chi connectivity index (χ4v) is 2.27. The van der Waals surface area contributed by atoms with Crippen LogP contribution in [0.3, 0.4) is 0 Å². The number of rotatable bonds is 5. The van der Waals surface area contributed by atoms with Crippen molar-refractivity contribution >= 4 is 17.4 Å². The summed E-state index contributed by atoms with van der Waals surface area (Å²) < 4.78 is 4.02. The zero-order valence-corrected chi connectivity index (χ0v) is 11.1. The average molecular weight is 261 g/mol. The number of aryl methyl sites for hydroxylation is 1. The van der Waals surface area contributed by atoms with Crippen molar-refractivity contribution < 1.29 is 4.79 Å². The van der Waals surface area contributed by atoms with Gasteiger partial charge in [0, 0.05) is 36.9 Å². The SMILES string of the molecule is CN(Cc1ccns1)C(=O)CCc1ccncc1. The highest BCUT2D eigenvalue weighted by molar-refractivity contribution is 7.05. The number of hydrogen-bond donors (Lipinski definition) is 0. The molecule has 94 valence electrons. The van der Waals surface area contributed by atoms with E-state index in [0.717, 1.165) is 16.9 Å². The van der Waals surface area contributed by atoms with Gasteiger partial charge in [-0.2, -0.15) is 0 Å². The standard InChI is InChI=1S/C13H15N3OS/c1-16(10-12-6-9-15-18-12)13(17)3-2-11-4-7-14-8-5-11/h4-9H,2-3,10H2,1H3. The molecule has 2 aromatic heterocycles. The molecular formula is C13H15N3OS. The molecule has 0 aliphatic carbocycles. The molecule has 2 rings (SSSR count). The van der Waals surface area contributed by atoms with Gasteiger partial charge in [-0.25, -0.2) is 4.37 Å². The Balaban J connectivity index is 1.81. The summed E-state index contributed by atoms with van der Waals surface area (Å²) in [5.41, 5.74) is 1.14. The van der Waals surface area contributed by atoms with Crippen LogP contribution in [0.4, 0.5) is 0 Å². The van der Waals surface area contributed by atoms with Gasteiger partial charge in [0.25, 0.3) is 0 Å². The summed E-state index contributed by atoms with van der Waals surface area (Å²) in [6.07, 6.45) is 6.55. The summed E-state index contributed by atoms with van der Waals surface area (Å²) in [6.45, 7) is 0.639. The van der Waals surface area contributed by atoms with Crippen LogP contribution in [0.1, 0.15) is 16.9 Å². The van der Waals surface area contributed by atoms with Gasteiger partial charge in [-0.15, -0.1) is 0 Å². The van der Waals surface area contributed by atoms with Gasteiger partial charge in [0.1, 0.15) is 0 Å². The lowest BCUT2D eigenvalue weighted by Crippen LogP contribution is -2.25. The Hall–Kier alpha value is -1.75. The highest BCUT2D eigenvalue weighted by atomic mass is 32.1. The lowest BCUT2D eigenvalue weighted by Gasteiger charge is -2.15. The number of carbonyl (C=O) groups excluding carboxylic acids is 1. The Kier molecular flexibility index (Phi) is 4.41. The number of amides is 1.